The van der Waals surface area contributed by atoms with E-state index in [0.29, 0.717) is 13.0 Å². The Hall–Kier alpha value is -0.810. The van der Waals surface area contributed by atoms with E-state index >= 15 is 0 Å². The summed E-state index contributed by atoms with van der Waals surface area (Å²) in [5.74, 6) is 0.367. The number of carbonyl (C=O) groups excluding carboxylic acids is 2. The summed E-state index contributed by atoms with van der Waals surface area (Å²) in [6, 6.07) is 0. The summed E-state index contributed by atoms with van der Waals surface area (Å²) in [5, 5.41) is 6.15. The summed E-state index contributed by atoms with van der Waals surface area (Å²) in [4.78, 5) is 26.0. The zero-order chi connectivity index (χ0) is 14.2. The fourth-order valence-electron chi connectivity index (χ4n) is 2.99. The third kappa shape index (κ3) is 6.22. The molecule has 2 aliphatic rings. The predicted octanol–water partition coefficient (Wildman–Crippen LogP) is 1.32. The number of nitrogens with one attached hydrogen (secondary N) is 2. The Bertz CT molecular complexity index is 325. The standard InChI is InChI=1S/C15H27N3O2.ClH/c19-14(18-10-3-1-2-4-11-18)7-9-17-15(20)13-6-5-8-16-12-13;/h13,16H,1-12H2,(H,17,20);1H. The number of amides is 2. The first-order valence-electron chi connectivity index (χ1n) is 8.03. The maximum Gasteiger partial charge on any atom is 0.224 e. The zero-order valence-electron chi connectivity index (χ0n) is 12.7. The highest BCUT2D eigenvalue weighted by Crippen LogP contribution is 2.11. The van der Waals surface area contributed by atoms with Crippen molar-refractivity contribution >= 4 is 24.2 Å². The molecule has 0 bridgehead atoms. The van der Waals surface area contributed by atoms with Crippen LogP contribution >= 0.6 is 12.4 Å². The number of halogens is 1. The molecule has 0 saturated carbocycles. The lowest BCUT2D eigenvalue weighted by atomic mass is 9.99. The van der Waals surface area contributed by atoms with Crippen LogP contribution in [0.25, 0.3) is 0 Å². The highest BCUT2D eigenvalue weighted by Gasteiger charge is 2.21. The lowest BCUT2D eigenvalue weighted by Crippen LogP contribution is -2.42. The van der Waals surface area contributed by atoms with Gasteiger partial charge in [0, 0.05) is 32.6 Å². The molecule has 0 spiro atoms. The molecule has 2 fully saturated rings. The molecule has 2 rings (SSSR count). The number of nitrogens with zero attached hydrogens (tertiary/aromatic N) is 1. The molecular weight excluding hydrogens is 290 g/mol. The van der Waals surface area contributed by atoms with Crippen LogP contribution in [0.15, 0.2) is 0 Å². The quantitative estimate of drug-likeness (QED) is 0.822. The predicted molar refractivity (Wildman–Crippen MR) is 85.5 cm³/mol. The zero-order valence-corrected chi connectivity index (χ0v) is 13.6. The molecule has 2 heterocycles. The Labute approximate surface area is 133 Å². The second-order valence-electron chi connectivity index (χ2n) is 5.88. The van der Waals surface area contributed by atoms with Crippen LogP contribution in [-0.4, -0.2) is 49.4 Å². The Balaban J connectivity index is 0.00000220. The van der Waals surface area contributed by atoms with Crippen molar-refractivity contribution in [2.45, 2.75) is 44.9 Å². The molecule has 0 aliphatic carbocycles. The summed E-state index contributed by atoms with van der Waals surface area (Å²) in [6.45, 7) is 4.03. The summed E-state index contributed by atoms with van der Waals surface area (Å²) < 4.78 is 0. The Kier molecular flexibility index (Phi) is 8.69. The highest BCUT2D eigenvalue weighted by atomic mass is 35.5. The minimum absolute atomic E-state index is 0. The van der Waals surface area contributed by atoms with Crippen molar-refractivity contribution in [1.29, 1.82) is 0 Å². The number of hydrogen-bond donors (Lipinski definition) is 2. The SMILES string of the molecule is Cl.O=C(NCCC(=O)N1CCCCCC1)C1CCCNC1. The largest absolute Gasteiger partial charge is 0.355 e. The van der Waals surface area contributed by atoms with E-state index in [1.54, 1.807) is 0 Å². The first kappa shape index (κ1) is 18.2. The van der Waals surface area contributed by atoms with Gasteiger partial charge >= 0.3 is 0 Å². The van der Waals surface area contributed by atoms with E-state index in [0.717, 1.165) is 51.9 Å². The summed E-state index contributed by atoms with van der Waals surface area (Å²) in [5.41, 5.74) is 0. The number of carbonyl (C=O) groups is 2. The maximum absolute atomic E-state index is 12.1. The van der Waals surface area contributed by atoms with Crippen molar-refractivity contribution < 1.29 is 9.59 Å². The topological polar surface area (TPSA) is 61.4 Å². The molecule has 0 radical (unpaired) electrons. The number of rotatable bonds is 4. The third-order valence-electron chi connectivity index (χ3n) is 4.26. The van der Waals surface area contributed by atoms with Crippen molar-refractivity contribution in [3.8, 4) is 0 Å². The van der Waals surface area contributed by atoms with E-state index < -0.39 is 0 Å². The van der Waals surface area contributed by atoms with Gasteiger partial charge in [0.2, 0.25) is 11.8 Å². The van der Waals surface area contributed by atoms with Crippen LogP contribution in [0.4, 0.5) is 0 Å². The van der Waals surface area contributed by atoms with Gasteiger partial charge in [0.25, 0.3) is 0 Å². The van der Waals surface area contributed by atoms with Crippen LogP contribution in [-0.2, 0) is 9.59 Å². The Morgan fingerprint density at radius 1 is 1.10 bits per heavy atom. The molecule has 122 valence electrons. The minimum Gasteiger partial charge on any atom is -0.355 e. The lowest BCUT2D eigenvalue weighted by molar-refractivity contribution is -0.131. The number of hydrogen-bond acceptors (Lipinski definition) is 3. The molecule has 0 aromatic heterocycles. The van der Waals surface area contributed by atoms with Gasteiger partial charge in [-0.25, -0.2) is 0 Å². The number of piperidine rings is 1. The molecule has 6 heteroatoms. The molecule has 1 unspecified atom stereocenters. The molecule has 1 atom stereocenters. The van der Waals surface area contributed by atoms with E-state index in [1.165, 1.54) is 12.8 Å². The van der Waals surface area contributed by atoms with E-state index in [2.05, 4.69) is 10.6 Å². The van der Waals surface area contributed by atoms with Crippen molar-refractivity contribution in [1.82, 2.24) is 15.5 Å². The lowest BCUT2D eigenvalue weighted by Gasteiger charge is -2.23. The van der Waals surface area contributed by atoms with Crippen LogP contribution in [0, 0.1) is 5.92 Å². The van der Waals surface area contributed by atoms with Gasteiger partial charge < -0.3 is 15.5 Å². The fraction of sp³-hybridized carbons (Fsp3) is 0.867. The van der Waals surface area contributed by atoms with Crippen LogP contribution in [0.1, 0.15) is 44.9 Å². The molecule has 2 saturated heterocycles. The maximum atomic E-state index is 12.1. The van der Waals surface area contributed by atoms with E-state index in [9.17, 15) is 9.59 Å². The van der Waals surface area contributed by atoms with Gasteiger partial charge in [-0.05, 0) is 32.2 Å². The molecular formula is C15H28ClN3O2. The fourth-order valence-corrected chi connectivity index (χ4v) is 2.99. The van der Waals surface area contributed by atoms with Gasteiger partial charge in [-0.1, -0.05) is 12.8 Å². The average Bonchev–Trinajstić information content (AvgIpc) is 2.77. The van der Waals surface area contributed by atoms with E-state index in [1.807, 2.05) is 4.90 Å². The molecule has 0 aromatic rings. The Morgan fingerprint density at radius 2 is 1.81 bits per heavy atom. The smallest absolute Gasteiger partial charge is 0.224 e. The monoisotopic (exact) mass is 317 g/mol. The van der Waals surface area contributed by atoms with Crippen molar-refractivity contribution in [2.75, 3.05) is 32.7 Å². The second-order valence-corrected chi connectivity index (χ2v) is 5.88. The van der Waals surface area contributed by atoms with Gasteiger partial charge in [0.1, 0.15) is 0 Å². The minimum atomic E-state index is 0. The Morgan fingerprint density at radius 3 is 2.43 bits per heavy atom. The van der Waals surface area contributed by atoms with E-state index in [4.69, 9.17) is 0 Å². The van der Waals surface area contributed by atoms with Crippen molar-refractivity contribution in [2.24, 2.45) is 5.92 Å². The summed E-state index contributed by atoms with van der Waals surface area (Å²) in [7, 11) is 0. The molecule has 21 heavy (non-hydrogen) atoms. The normalized spacial score (nSPS) is 22.9. The van der Waals surface area contributed by atoms with Crippen LogP contribution in [0.5, 0.6) is 0 Å². The first-order chi connectivity index (χ1) is 9.77. The molecule has 5 nitrogen and oxygen atoms in total. The molecule has 2 amide bonds. The van der Waals surface area contributed by atoms with Crippen LogP contribution in [0.2, 0.25) is 0 Å². The third-order valence-corrected chi connectivity index (χ3v) is 4.26. The van der Waals surface area contributed by atoms with Gasteiger partial charge in [0.15, 0.2) is 0 Å². The van der Waals surface area contributed by atoms with Crippen molar-refractivity contribution in [3.05, 3.63) is 0 Å². The average molecular weight is 318 g/mol. The van der Waals surface area contributed by atoms with Crippen LogP contribution < -0.4 is 10.6 Å². The first-order valence-corrected chi connectivity index (χ1v) is 8.03. The molecule has 2 aliphatic heterocycles. The molecule has 0 aromatic carbocycles. The number of likely N-dealkylation sites (tertiary alicyclic amines) is 1. The van der Waals surface area contributed by atoms with Gasteiger partial charge in [-0.15, -0.1) is 12.4 Å². The van der Waals surface area contributed by atoms with Gasteiger partial charge in [-0.3, -0.25) is 9.59 Å². The highest BCUT2D eigenvalue weighted by molar-refractivity contribution is 5.85. The van der Waals surface area contributed by atoms with Crippen molar-refractivity contribution in [3.63, 3.8) is 0 Å². The summed E-state index contributed by atoms with van der Waals surface area (Å²) in [6.07, 6.45) is 7.15. The van der Waals surface area contributed by atoms with Gasteiger partial charge in [-0.2, -0.15) is 0 Å². The van der Waals surface area contributed by atoms with Crippen LogP contribution in [0.3, 0.4) is 0 Å². The second kappa shape index (κ2) is 10.0. The van der Waals surface area contributed by atoms with Gasteiger partial charge in [0.05, 0.1) is 5.92 Å². The molecule has 2 N–H and O–H groups in total. The van der Waals surface area contributed by atoms with E-state index in [-0.39, 0.29) is 30.1 Å². The summed E-state index contributed by atoms with van der Waals surface area (Å²) >= 11 is 0.